The summed E-state index contributed by atoms with van der Waals surface area (Å²) in [5.41, 5.74) is -0.253. The first-order valence-electron chi connectivity index (χ1n) is 7.40. The summed E-state index contributed by atoms with van der Waals surface area (Å²) in [7, 11) is 0. The van der Waals surface area contributed by atoms with Gasteiger partial charge in [0.05, 0.1) is 12.2 Å². The lowest BCUT2D eigenvalue weighted by Crippen LogP contribution is -2.45. The lowest BCUT2D eigenvalue weighted by molar-refractivity contribution is 0.0225. The van der Waals surface area contributed by atoms with Crippen LogP contribution in [0.3, 0.4) is 0 Å². The molecule has 0 aliphatic carbocycles. The highest BCUT2D eigenvalue weighted by Gasteiger charge is 2.32. The first kappa shape index (κ1) is 16.2. The average molecular weight is 306 g/mol. The van der Waals surface area contributed by atoms with Crippen LogP contribution in [-0.4, -0.2) is 51.6 Å². The number of hydrogen-bond acceptors (Lipinski definition) is 5. The molecule has 0 aromatic carbocycles. The normalized spacial score (nSPS) is 18.1. The Morgan fingerprint density at radius 3 is 2.82 bits per heavy atom. The molecule has 0 saturated carbocycles. The van der Waals surface area contributed by atoms with Gasteiger partial charge in [-0.3, -0.25) is 9.78 Å². The number of likely N-dealkylation sites (tertiary alicyclic amines) is 1. The maximum Gasteiger partial charge on any atom is 0.410 e. The van der Waals surface area contributed by atoms with Crippen molar-refractivity contribution in [2.45, 2.75) is 45.3 Å². The van der Waals surface area contributed by atoms with E-state index in [2.05, 4.69) is 15.3 Å². The van der Waals surface area contributed by atoms with E-state index in [9.17, 15) is 9.59 Å². The molecule has 1 saturated heterocycles. The van der Waals surface area contributed by atoms with Gasteiger partial charge in [-0.1, -0.05) is 0 Å². The largest absolute Gasteiger partial charge is 0.444 e. The number of rotatable bonds is 3. The average Bonchev–Trinajstić information content (AvgIpc) is 2.92. The lowest BCUT2D eigenvalue weighted by Gasteiger charge is -2.28. The van der Waals surface area contributed by atoms with E-state index in [0.717, 1.165) is 12.8 Å². The van der Waals surface area contributed by atoms with E-state index in [4.69, 9.17) is 4.74 Å². The molecule has 2 heterocycles. The summed E-state index contributed by atoms with van der Waals surface area (Å²) >= 11 is 0. The van der Waals surface area contributed by atoms with Gasteiger partial charge in [-0.15, -0.1) is 0 Å². The van der Waals surface area contributed by atoms with Crippen LogP contribution in [0.2, 0.25) is 0 Å². The Bertz CT molecular complexity index is 527. The van der Waals surface area contributed by atoms with Crippen LogP contribution < -0.4 is 5.32 Å². The molecule has 7 nitrogen and oxygen atoms in total. The van der Waals surface area contributed by atoms with Crippen molar-refractivity contribution < 1.29 is 14.3 Å². The van der Waals surface area contributed by atoms with Crippen LogP contribution in [0.1, 0.15) is 44.1 Å². The van der Waals surface area contributed by atoms with Gasteiger partial charge >= 0.3 is 6.09 Å². The van der Waals surface area contributed by atoms with E-state index < -0.39 is 5.60 Å². The van der Waals surface area contributed by atoms with Crippen molar-refractivity contribution in [2.24, 2.45) is 0 Å². The molecule has 2 amide bonds. The van der Waals surface area contributed by atoms with Crippen molar-refractivity contribution in [3.05, 3.63) is 24.3 Å². The molecule has 1 atom stereocenters. The number of nitrogens with zero attached hydrogens (tertiary/aromatic N) is 3. The van der Waals surface area contributed by atoms with Crippen LogP contribution in [0.15, 0.2) is 18.6 Å². The summed E-state index contributed by atoms with van der Waals surface area (Å²) < 4.78 is 5.40. The van der Waals surface area contributed by atoms with Gasteiger partial charge in [-0.05, 0) is 33.6 Å². The first-order chi connectivity index (χ1) is 10.4. The Morgan fingerprint density at radius 1 is 1.41 bits per heavy atom. The van der Waals surface area contributed by atoms with Crippen LogP contribution in [-0.2, 0) is 4.74 Å². The van der Waals surface area contributed by atoms with E-state index in [1.807, 2.05) is 20.8 Å². The second-order valence-electron chi connectivity index (χ2n) is 6.27. The van der Waals surface area contributed by atoms with Crippen molar-refractivity contribution in [3.8, 4) is 0 Å². The zero-order valence-corrected chi connectivity index (χ0v) is 13.2. The van der Waals surface area contributed by atoms with Crippen LogP contribution in [0, 0.1) is 0 Å². The van der Waals surface area contributed by atoms with Crippen LogP contribution in [0.25, 0.3) is 0 Å². The van der Waals surface area contributed by atoms with Crippen molar-refractivity contribution in [1.82, 2.24) is 20.2 Å². The predicted molar refractivity (Wildman–Crippen MR) is 80.3 cm³/mol. The molecule has 1 aromatic heterocycles. The third kappa shape index (κ3) is 4.41. The minimum absolute atomic E-state index is 0.0459. The molecule has 0 spiro atoms. The fourth-order valence-electron chi connectivity index (χ4n) is 2.33. The molecule has 1 fully saturated rings. The van der Waals surface area contributed by atoms with Crippen LogP contribution >= 0.6 is 0 Å². The van der Waals surface area contributed by atoms with Gasteiger partial charge < -0.3 is 15.0 Å². The standard InChI is InChI=1S/C15H22N4O3/c1-15(2,3)22-14(21)19-8-4-5-11(19)9-18-13(20)12-10-16-6-7-17-12/h6-7,10-11H,4-5,8-9H2,1-3H3,(H,18,20)/t11-/m1/s1. The van der Waals surface area contributed by atoms with Crippen molar-refractivity contribution in [1.29, 1.82) is 0 Å². The summed E-state index contributed by atoms with van der Waals surface area (Å²) in [6.07, 6.45) is 5.82. The van der Waals surface area contributed by atoms with E-state index in [1.165, 1.54) is 18.6 Å². The number of amides is 2. The molecular formula is C15H22N4O3. The summed E-state index contributed by atoms with van der Waals surface area (Å²) in [5.74, 6) is -0.288. The summed E-state index contributed by atoms with van der Waals surface area (Å²) in [6.45, 7) is 6.55. The number of ether oxygens (including phenoxy) is 1. The second-order valence-corrected chi connectivity index (χ2v) is 6.27. The zero-order chi connectivity index (χ0) is 16.2. The maximum atomic E-state index is 12.2. The first-order valence-corrected chi connectivity index (χ1v) is 7.40. The third-order valence-electron chi connectivity index (χ3n) is 3.30. The molecule has 7 heteroatoms. The van der Waals surface area contributed by atoms with Crippen molar-refractivity contribution in [2.75, 3.05) is 13.1 Å². The predicted octanol–water partition coefficient (Wildman–Crippen LogP) is 1.61. The Labute approximate surface area is 130 Å². The van der Waals surface area contributed by atoms with Gasteiger partial charge in [0.15, 0.2) is 0 Å². The van der Waals surface area contributed by atoms with E-state index in [0.29, 0.717) is 13.1 Å². The van der Waals surface area contributed by atoms with Gasteiger partial charge in [0.1, 0.15) is 11.3 Å². The molecule has 1 N–H and O–H groups in total. The number of carbonyl (C=O) groups excluding carboxylic acids is 2. The molecule has 1 aliphatic heterocycles. The van der Waals surface area contributed by atoms with Gasteiger partial charge in [-0.25, -0.2) is 9.78 Å². The minimum Gasteiger partial charge on any atom is -0.444 e. The fourth-order valence-corrected chi connectivity index (χ4v) is 2.33. The van der Waals surface area contributed by atoms with E-state index in [-0.39, 0.29) is 23.7 Å². The summed E-state index contributed by atoms with van der Waals surface area (Å²) in [5, 5.41) is 2.80. The highest BCUT2D eigenvalue weighted by atomic mass is 16.6. The van der Waals surface area contributed by atoms with Crippen LogP contribution in [0.4, 0.5) is 4.79 Å². The fraction of sp³-hybridized carbons (Fsp3) is 0.600. The quantitative estimate of drug-likeness (QED) is 0.917. The Hall–Kier alpha value is -2.18. The number of carbonyl (C=O) groups is 2. The number of nitrogens with one attached hydrogen (secondary N) is 1. The Morgan fingerprint density at radius 2 is 2.18 bits per heavy atom. The molecule has 22 heavy (non-hydrogen) atoms. The maximum absolute atomic E-state index is 12.2. The highest BCUT2D eigenvalue weighted by molar-refractivity contribution is 5.91. The molecule has 1 aliphatic rings. The van der Waals surface area contributed by atoms with E-state index >= 15 is 0 Å². The highest BCUT2D eigenvalue weighted by Crippen LogP contribution is 2.20. The number of hydrogen-bond donors (Lipinski definition) is 1. The van der Waals surface area contributed by atoms with E-state index in [1.54, 1.807) is 4.90 Å². The van der Waals surface area contributed by atoms with Gasteiger partial charge in [0, 0.05) is 25.5 Å². The summed E-state index contributed by atoms with van der Waals surface area (Å²) in [4.78, 5) is 33.6. The molecular weight excluding hydrogens is 284 g/mol. The molecule has 120 valence electrons. The summed E-state index contributed by atoms with van der Waals surface area (Å²) in [6, 6.07) is -0.0459. The van der Waals surface area contributed by atoms with Crippen molar-refractivity contribution in [3.63, 3.8) is 0 Å². The van der Waals surface area contributed by atoms with Gasteiger partial charge in [0.2, 0.25) is 0 Å². The molecule has 0 bridgehead atoms. The monoisotopic (exact) mass is 306 g/mol. The minimum atomic E-state index is -0.521. The topological polar surface area (TPSA) is 84.4 Å². The lowest BCUT2D eigenvalue weighted by atomic mass is 10.2. The van der Waals surface area contributed by atoms with Crippen LogP contribution in [0.5, 0.6) is 0 Å². The number of aromatic nitrogens is 2. The molecule has 2 rings (SSSR count). The SMILES string of the molecule is CC(C)(C)OC(=O)N1CCC[C@@H]1CNC(=O)c1cnccn1. The molecule has 0 radical (unpaired) electrons. The molecule has 0 unspecified atom stereocenters. The second kappa shape index (κ2) is 6.72. The van der Waals surface area contributed by atoms with Gasteiger partial charge in [-0.2, -0.15) is 0 Å². The third-order valence-corrected chi connectivity index (χ3v) is 3.30. The zero-order valence-electron chi connectivity index (χ0n) is 13.2. The smallest absolute Gasteiger partial charge is 0.410 e. The Balaban J connectivity index is 1.89. The Kier molecular flexibility index (Phi) is 4.95. The molecule has 1 aromatic rings. The van der Waals surface area contributed by atoms with Crippen molar-refractivity contribution >= 4 is 12.0 Å². The van der Waals surface area contributed by atoms with Gasteiger partial charge in [0.25, 0.3) is 5.91 Å².